The molecular formula is C23H35NO3Si. The highest BCUT2D eigenvalue weighted by Crippen LogP contribution is 2.45. The van der Waals surface area contributed by atoms with Crippen molar-refractivity contribution in [3.05, 3.63) is 35.4 Å². The normalized spacial score (nSPS) is 28.2. The molecule has 1 aromatic carbocycles. The number of ketones is 1. The summed E-state index contributed by atoms with van der Waals surface area (Å²) in [5, 5.41) is 3.12. The molecule has 28 heavy (non-hydrogen) atoms. The molecule has 4 atom stereocenters. The van der Waals surface area contributed by atoms with Crippen molar-refractivity contribution < 1.29 is 14.0 Å². The Kier molecular flexibility index (Phi) is 5.16. The molecule has 1 N–H and O–H groups in total. The van der Waals surface area contributed by atoms with Crippen molar-refractivity contribution in [3.63, 3.8) is 0 Å². The van der Waals surface area contributed by atoms with Crippen LogP contribution in [-0.2, 0) is 14.6 Å². The van der Waals surface area contributed by atoms with Gasteiger partial charge in [0.25, 0.3) is 0 Å². The molecule has 3 rings (SSSR count). The van der Waals surface area contributed by atoms with Crippen LogP contribution in [0.5, 0.6) is 0 Å². The summed E-state index contributed by atoms with van der Waals surface area (Å²) in [6.07, 6.45) is 0.560. The third-order valence-corrected chi connectivity index (χ3v) is 11.8. The lowest BCUT2D eigenvalue weighted by molar-refractivity contribution is -0.141. The van der Waals surface area contributed by atoms with Gasteiger partial charge < -0.3 is 9.74 Å². The van der Waals surface area contributed by atoms with Crippen molar-refractivity contribution in [2.24, 2.45) is 11.8 Å². The third-order valence-electron chi connectivity index (χ3n) is 7.21. The molecule has 1 aliphatic carbocycles. The van der Waals surface area contributed by atoms with Gasteiger partial charge in [0.1, 0.15) is 0 Å². The van der Waals surface area contributed by atoms with Gasteiger partial charge >= 0.3 is 0 Å². The zero-order valence-electron chi connectivity index (χ0n) is 18.6. The maximum Gasteiger partial charge on any atom is 0.228 e. The second kappa shape index (κ2) is 6.80. The minimum absolute atomic E-state index is 0.0145. The average molecular weight is 402 g/mol. The molecule has 0 saturated carbocycles. The molecule has 1 aromatic rings. The monoisotopic (exact) mass is 401 g/mol. The summed E-state index contributed by atoms with van der Waals surface area (Å²) in [6.45, 7) is 17.4. The van der Waals surface area contributed by atoms with Gasteiger partial charge in [0.05, 0.1) is 18.1 Å². The van der Waals surface area contributed by atoms with Crippen LogP contribution in [0.2, 0.25) is 18.1 Å². The van der Waals surface area contributed by atoms with E-state index in [1.165, 1.54) is 0 Å². The van der Waals surface area contributed by atoms with E-state index in [-0.39, 0.29) is 46.1 Å². The average Bonchev–Trinajstić information content (AvgIpc) is 2.54. The first-order valence-electron chi connectivity index (χ1n) is 10.4. The van der Waals surface area contributed by atoms with Crippen LogP contribution in [0, 0.1) is 11.8 Å². The van der Waals surface area contributed by atoms with Crippen molar-refractivity contribution in [1.29, 1.82) is 0 Å². The summed E-state index contributed by atoms with van der Waals surface area (Å²) in [7, 11) is -1.99. The number of nitrogens with one attached hydrogen (secondary N) is 1. The summed E-state index contributed by atoms with van der Waals surface area (Å²) in [5.74, 6) is -0.285. The maximum atomic E-state index is 13.3. The Hall–Kier alpha value is -1.46. The Balaban J connectivity index is 1.85. The molecule has 1 saturated heterocycles. The summed E-state index contributed by atoms with van der Waals surface area (Å²) in [4.78, 5) is 25.8. The first-order chi connectivity index (χ1) is 12.8. The van der Waals surface area contributed by atoms with Crippen LogP contribution in [-0.4, -0.2) is 32.2 Å². The molecule has 0 aromatic heterocycles. The SMILES string of the molecule is C[C@@H](O[Si](C)(C)C(C)(C)C)[C@H]1C(=O)N[C@@H]1C1CC(C)(C)c2ccccc2C1=O. The van der Waals surface area contributed by atoms with Gasteiger partial charge in [-0.1, -0.05) is 58.9 Å². The standard InChI is InChI=1S/C23H35NO3Si/c1-14(27-28(7,8)22(2,3)4)18-19(24-21(18)26)16-13-23(5,6)17-12-10-9-11-15(17)20(16)25/h9-12,14,16,18-19H,13H2,1-8H3,(H,24,26)/t14-,16?,18-,19-/m1/s1. The topological polar surface area (TPSA) is 55.4 Å². The number of Topliss-reactive ketones (excluding diaryl/α,β-unsaturated/α-hetero) is 1. The van der Waals surface area contributed by atoms with Gasteiger partial charge in [0, 0.05) is 11.5 Å². The van der Waals surface area contributed by atoms with Crippen LogP contribution >= 0.6 is 0 Å². The molecule has 1 unspecified atom stereocenters. The van der Waals surface area contributed by atoms with Crippen molar-refractivity contribution in [2.75, 3.05) is 0 Å². The van der Waals surface area contributed by atoms with Crippen molar-refractivity contribution in [3.8, 4) is 0 Å². The van der Waals surface area contributed by atoms with E-state index in [1.54, 1.807) is 0 Å². The molecule has 0 radical (unpaired) electrons. The van der Waals surface area contributed by atoms with Crippen molar-refractivity contribution >= 4 is 20.0 Å². The lowest BCUT2D eigenvalue weighted by Gasteiger charge is -2.49. The van der Waals surface area contributed by atoms with Gasteiger partial charge in [-0.2, -0.15) is 0 Å². The molecule has 4 nitrogen and oxygen atoms in total. The summed E-state index contributed by atoms with van der Waals surface area (Å²) < 4.78 is 6.52. The van der Waals surface area contributed by atoms with E-state index in [4.69, 9.17) is 4.43 Å². The van der Waals surface area contributed by atoms with E-state index in [0.29, 0.717) is 0 Å². The lowest BCUT2D eigenvalue weighted by atomic mass is 9.62. The second-order valence-corrected chi connectivity index (χ2v) is 15.5. The predicted octanol–water partition coefficient (Wildman–Crippen LogP) is 4.69. The van der Waals surface area contributed by atoms with Gasteiger partial charge in [-0.15, -0.1) is 0 Å². The number of benzene rings is 1. The zero-order valence-corrected chi connectivity index (χ0v) is 19.6. The molecule has 0 bridgehead atoms. The number of fused-ring (bicyclic) bond motifs is 1. The van der Waals surface area contributed by atoms with E-state index in [9.17, 15) is 9.59 Å². The van der Waals surface area contributed by atoms with Crippen molar-refractivity contribution in [2.45, 2.75) is 83.7 Å². The van der Waals surface area contributed by atoms with Gasteiger partial charge in [-0.05, 0) is 42.5 Å². The first-order valence-corrected chi connectivity index (χ1v) is 13.3. The number of hydrogen-bond acceptors (Lipinski definition) is 3. The van der Waals surface area contributed by atoms with E-state index < -0.39 is 8.32 Å². The predicted molar refractivity (Wildman–Crippen MR) is 115 cm³/mol. The summed E-state index contributed by atoms with van der Waals surface area (Å²) in [6, 6.07) is 7.76. The van der Waals surface area contributed by atoms with Crippen LogP contribution in [0.25, 0.3) is 0 Å². The minimum Gasteiger partial charge on any atom is -0.413 e. The number of β-lactam (4-membered cyclic amide) rings is 1. The van der Waals surface area contributed by atoms with Gasteiger partial charge in [-0.3, -0.25) is 9.59 Å². The highest BCUT2D eigenvalue weighted by atomic mass is 28.4. The highest BCUT2D eigenvalue weighted by molar-refractivity contribution is 6.74. The van der Waals surface area contributed by atoms with Crippen LogP contribution in [0.3, 0.4) is 0 Å². The fourth-order valence-corrected chi connectivity index (χ4v) is 5.95. The Morgan fingerprint density at radius 2 is 1.79 bits per heavy atom. The van der Waals surface area contributed by atoms with Crippen LogP contribution in [0.15, 0.2) is 24.3 Å². The molecule has 0 spiro atoms. The minimum atomic E-state index is -1.99. The molecule has 5 heteroatoms. The summed E-state index contributed by atoms with van der Waals surface area (Å²) in [5.41, 5.74) is 1.83. The van der Waals surface area contributed by atoms with Gasteiger partial charge in [-0.25, -0.2) is 0 Å². The highest BCUT2D eigenvalue weighted by Gasteiger charge is 2.54. The quantitative estimate of drug-likeness (QED) is 0.588. The maximum absolute atomic E-state index is 13.3. The smallest absolute Gasteiger partial charge is 0.228 e. The first kappa shape index (κ1) is 21.3. The molecule has 1 aliphatic heterocycles. The number of rotatable bonds is 4. The van der Waals surface area contributed by atoms with E-state index in [1.807, 2.05) is 25.1 Å². The molecule has 1 amide bonds. The van der Waals surface area contributed by atoms with Crippen LogP contribution < -0.4 is 5.32 Å². The van der Waals surface area contributed by atoms with Crippen LogP contribution in [0.4, 0.5) is 0 Å². The zero-order chi connectivity index (χ0) is 21.1. The Bertz CT molecular complexity index is 793. The largest absolute Gasteiger partial charge is 0.413 e. The molecular weight excluding hydrogens is 366 g/mol. The van der Waals surface area contributed by atoms with E-state index in [0.717, 1.165) is 17.5 Å². The van der Waals surface area contributed by atoms with Crippen LogP contribution in [0.1, 0.15) is 63.9 Å². The Morgan fingerprint density at radius 1 is 1.18 bits per heavy atom. The van der Waals surface area contributed by atoms with Gasteiger partial charge in [0.2, 0.25) is 5.91 Å². The molecule has 154 valence electrons. The second-order valence-electron chi connectivity index (χ2n) is 10.7. The molecule has 1 fully saturated rings. The number of carbonyl (C=O) groups is 2. The summed E-state index contributed by atoms with van der Waals surface area (Å²) >= 11 is 0. The van der Waals surface area contributed by atoms with Crippen molar-refractivity contribution in [1.82, 2.24) is 5.32 Å². The Labute approximate surface area is 170 Å². The fourth-order valence-electron chi connectivity index (χ4n) is 4.52. The Morgan fingerprint density at radius 3 is 2.36 bits per heavy atom. The molecule has 1 heterocycles. The third kappa shape index (κ3) is 3.48. The van der Waals surface area contributed by atoms with Gasteiger partial charge in [0.15, 0.2) is 14.1 Å². The number of hydrogen-bond donors (Lipinski definition) is 1. The lowest BCUT2D eigenvalue weighted by Crippen LogP contribution is -2.68. The van der Waals surface area contributed by atoms with E-state index in [2.05, 4.69) is 59.1 Å². The van der Waals surface area contributed by atoms with E-state index >= 15 is 0 Å². The molecule has 2 aliphatic rings. The fraction of sp³-hybridized carbons (Fsp3) is 0.652. The number of carbonyl (C=O) groups excluding carboxylic acids is 2. The number of amides is 1.